The van der Waals surface area contributed by atoms with E-state index in [2.05, 4.69) is 0 Å². The average Bonchev–Trinajstić information content (AvgIpc) is 2.68. The van der Waals surface area contributed by atoms with E-state index in [1.807, 2.05) is 0 Å². The Labute approximate surface area is 193 Å². The SMILES string of the molecule is CC(=O)Oc1cc(C)c(OC(C)=O)c2c1C(=O)C(=O)c1c(OC(C)=O)c(C)cc(OC(C)=O)c1-2. The molecule has 0 aliphatic heterocycles. The summed E-state index contributed by atoms with van der Waals surface area (Å²) in [5.41, 5.74) is -0.434. The topological polar surface area (TPSA) is 139 Å². The van der Waals surface area contributed by atoms with Crippen molar-refractivity contribution in [3.63, 3.8) is 0 Å². The normalized spacial score (nSPS) is 11.8. The summed E-state index contributed by atoms with van der Waals surface area (Å²) < 4.78 is 21.1. The summed E-state index contributed by atoms with van der Waals surface area (Å²) in [4.78, 5) is 73.8. The minimum absolute atomic E-state index is 0.115. The second kappa shape index (κ2) is 8.89. The van der Waals surface area contributed by atoms with Gasteiger partial charge in [-0.2, -0.15) is 0 Å². The highest BCUT2D eigenvalue weighted by Gasteiger charge is 2.42. The third-order valence-corrected chi connectivity index (χ3v) is 4.77. The predicted molar refractivity (Wildman–Crippen MR) is 115 cm³/mol. The summed E-state index contributed by atoms with van der Waals surface area (Å²) in [6.45, 7) is 7.51. The van der Waals surface area contributed by atoms with Crippen LogP contribution < -0.4 is 18.9 Å². The molecular weight excluding hydrogens is 448 g/mol. The van der Waals surface area contributed by atoms with E-state index in [9.17, 15) is 28.8 Å². The summed E-state index contributed by atoms with van der Waals surface area (Å²) in [5.74, 6) is -5.93. The Bertz CT molecular complexity index is 1320. The van der Waals surface area contributed by atoms with Gasteiger partial charge in [-0.1, -0.05) is 0 Å². The molecule has 0 aromatic heterocycles. The summed E-state index contributed by atoms with van der Waals surface area (Å²) in [6, 6.07) is 2.62. The maximum Gasteiger partial charge on any atom is 0.308 e. The third kappa shape index (κ3) is 4.29. The minimum atomic E-state index is -1.10. The molecule has 0 saturated heterocycles. The van der Waals surface area contributed by atoms with Gasteiger partial charge >= 0.3 is 23.9 Å². The largest absolute Gasteiger partial charge is 0.426 e. The molecule has 176 valence electrons. The van der Waals surface area contributed by atoms with Gasteiger partial charge in [0.1, 0.15) is 23.0 Å². The third-order valence-electron chi connectivity index (χ3n) is 4.77. The number of Topliss-reactive ketones (excluding diaryl/α,β-unsaturated/α-hetero) is 2. The quantitative estimate of drug-likeness (QED) is 0.374. The Morgan fingerprint density at radius 3 is 1.29 bits per heavy atom. The van der Waals surface area contributed by atoms with Gasteiger partial charge in [-0.3, -0.25) is 28.8 Å². The molecule has 0 bridgehead atoms. The van der Waals surface area contributed by atoms with Crippen LogP contribution in [0.3, 0.4) is 0 Å². The highest BCUT2D eigenvalue weighted by molar-refractivity contribution is 6.54. The van der Waals surface area contributed by atoms with Crippen LogP contribution in [0.1, 0.15) is 59.5 Å². The van der Waals surface area contributed by atoms with Crippen molar-refractivity contribution in [2.24, 2.45) is 0 Å². The Hall–Kier alpha value is -4.34. The van der Waals surface area contributed by atoms with Crippen LogP contribution in [0.2, 0.25) is 0 Å². The number of esters is 4. The summed E-state index contributed by atoms with van der Waals surface area (Å²) in [7, 11) is 0. The molecule has 1 aliphatic rings. The van der Waals surface area contributed by atoms with Crippen molar-refractivity contribution in [3.05, 3.63) is 34.4 Å². The number of carbonyl (C=O) groups excluding carboxylic acids is 6. The van der Waals surface area contributed by atoms with Crippen LogP contribution in [0, 0.1) is 13.8 Å². The van der Waals surface area contributed by atoms with E-state index in [1.165, 1.54) is 26.0 Å². The Morgan fingerprint density at radius 2 is 0.882 bits per heavy atom. The number of aryl methyl sites for hydroxylation is 2. The van der Waals surface area contributed by atoms with Crippen LogP contribution in [0.25, 0.3) is 11.1 Å². The molecule has 0 atom stereocenters. The van der Waals surface area contributed by atoms with Gasteiger partial charge in [-0.25, -0.2) is 0 Å². The lowest BCUT2D eigenvalue weighted by molar-refractivity contribution is -0.133. The standard InChI is InChI=1S/C24H20O10/c1-9-8-16(32-12(4)26)18-19(23(9)33-13(5)27)17-15(31-11(3)25)7-10(2)24(34-14(6)28)20(17)22(30)21(18)29/h7-8H,1-6H3. The summed E-state index contributed by atoms with van der Waals surface area (Å²) in [5, 5.41) is 0. The zero-order chi connectivity index (χ0) is 25.5. The van der Waals surface area contributed by atoms with Gasteiger partial charge in [0, 0.05) is 38.8 Å². The van der Waals surface area contributed by atoms with Crippen LogP contribution in [-0.2, 0) is 19.2 Å². The molecule has 0 saturated carbocycles. The van der Waals surface area contributed by atoms with E-state index in [1.54, 1.807) is 0 Å². The monoisotopic (exact) mass is 468 g/mol. The van der Waals surface area contributed by atoms with E-state index in [0.717, 1.165) is 27.7 Å². The lowest BCUT2D eigenvalue weighted by Crippen LogP contribution is -2.26. The van der Waals surface area contributed by atoms with E-state index in [0.29, 0.717) is 0 Å². The Morgan fingerprint density at radius 1 is 0.529 bits per heavy atom. The van der Waals surface area contributed by atoms with Crippen molar-refractivity contribution in [3.8, 4) is 34.1 Å². The molecule has 1 aliphatic carbocycles. The van der Waals surface area contributed by atoms with Gasteiger partial charge in [0.05, 0.1) is 11.1 Å². The van der Waals surface area contributed by atoms with Gasteiger partial charge in [-0.15, -0.1) is 0 Å². The number of hydrogen-bond acceptors (Lipinski definition) is 10. The van der Waals surface area contributed by atoms with Gasteiger partial charge < -0.3 is 18.9 Å². The maximum absolute atomic E-state index is 13.3. The van der Waals surface area contributed by atoms with Gasteiger partial charge in [-0.05, 0) is 37.1 Å². The number of fused-ring (bicyclic) bond motifs is 3. The van der Waals surface area contributed by atoms with Crippen molar-refractivity contribution in [1.29, 1.82) is 0 Å². The molecule has 10 heteroatoms. The van der Waals surface area contributed by atoms with E-state index < -0.39 is 35.4 Å². The first-order valence-corrected chi connectivity index (χ1v) is 10.0. The minimum Gasteiger partial charge on any atom is -0.426 e. The molecule has 0 heterocycles. The number of ether oxygens (including phenoxy) is 4. The molecule has 0 spiro atoms. The number of carbonyl (C=O) groups is 6. The first kappa shape index (κ1) is 24.3. The molecular formula is C24H20O10. The zero-order valence-electron chi connectivity index (χ0n) is 19.2. The molecule has 0 amide bonds. The summed E-state index contributed by atoms with van der Waals surface area (Å²) in [6.07, 6.45) is 0. The van der Waals surface area contributed by atoms with Crippen LogP contribution in [-0.4, -0.2) is 35.4 Å². The first-order valence-electron chi connectivity index (χ1n) is 10.0. The predicted octanol–water partition coefficient (Wildman–Crippen LogP) is 3.05. The molecule has 0 radical (unpaired) electrons. The number of hydrogen-bond donors (Lipinski definition) is 0. The second-order valence-corrected chi connectivity index (χ2v) is 7.57. The van der Waals surface area contributed by atoms with Crippen LogP contribution in [0.5, 0.6) is 23.0 Å². The smallest absolute Gasteiger partial charge is 0.308 e. The molecule has 2 aromatic rings. The second-order valence-electron chi connectivity index (χ2n) is 7.57. The molecule has 0 N–H and O–H groups in total. The molecule has 10 nitrogen and oxygen atoms in total. The van der Waals surface area contributed by atoms with Crippen LogP contribution >= 0.6 is 0 Å². The van der Waals surface area contributed by atoms with Gasteiger partial charge in [0.15, 0.2) is 0 Å². The average molecular weight is 468 g/mol. The molecule has 0 fully saturated rings. The van der Waals surface area contributed by atoms with Crippen molar-refractivity contribution in [2.75, 3.05) is 0 Å². The Balaban J connectivity index is 2.60. The maximum atomic E-state index is 13.3. The van der Waals surface area contributed by atoms with Gasteiger partial charge in [0.2, 0.25) is 11.6 Å². The highest BCUT2D eigenvalue weighted by atomic mass is 16.6. The number of benzene rings is 2. The molecule has 2 aromatic carbocycles. The van der Waals surface area contributed by atoms with Crippen molar-refractivity contribution in [2.45, 2.75) is 41.5 Å². The highest BCUT2D eigenvalue weighted by Crippen LogP contribution is 2.52. The fraction of sp³-hybridized carbons (Fsp3) is 0.250. The van der Waals surface area contributed by atoms with Crippen molar-refractivity contribution in [1.82, 2.24) is 0 Å². The van der Waals surface area contributed by atoms with Crippen molar-refractivity contribution < 1.29 is 47.7 Å². The van der Waals surface area contributed by atoms with Gasteiger partial charge in [0.25, 0.3) is 0 Å². The van der Waals surface area contributed by atoms with Crippen LogP contribution in [0.15, 0.2) is 12.1 Å². The van der Waals surface area contributed by atoms with E-state index >= 15 is 0 Å². The van der Waals surface area contributed by atoms with E-state index in [-0.39, 0.29) is 56.4 Å². The molecule has 3 rings (SSSR count). The fourth-order valence-corrected chi connectivity index (χ4v) is 3.71. The summed E-state index contributed by atoms with van der Waals surface area (Å²) >= 11 is 0. The Kier molecular flexibility index (Phi) is 6.36. The lowest BCUT2D eigenvalue weighted by atomic mass is 9.80. The first-order chi connectivity index (χ1) is 15.8. The molecule has 0 unspecified atom stereocenters. The van der Waals surface area contributed by atoms with Crippen molar-refractivity contribution >= 4 is 35.4 Å². The molecule has 34 heavy (non-hydrogen) atoms. The zero-order valence-corrected chi connectivity index (χ0v) is 19.2. The number of ketones is 2. The van der Waals surface area contributed by atoms with E-state index in [4.69, 9.17) is 18.9 Å². The van der Waals surface area contributed by atoms with Crippen LogP contribution in [0.4, 0.5) is 0 Å². The number of rotatable bonds is 4. The fourth-order valence-electron chi connectivity index (χ4n) is 3.71. The lowest BCUT2D eigenvalue weighted by Gasteiger charge is -2.27.